The molecule has 1 aliphatic rings. The molecule has 1 aliphatic heterocycles. The van der Waals surface area contributed by atoms with Gasteiger partial charge < -0.3 is 15.1 Å². The van der Waals surface area contributed by atoms with E-state index in [0.29, 0.717) is 28.8 Å². The number of para-hydroxylation sites is 1. The minimum absolute atomic E-state index is 0.0707. The first kappa shape index (κ1) is 21.2. The fourth-order valence-electron chi connectivity index (χ4n) is 3.44. The zero-order chi connectivity index (χ0) is 21.8. The van der Waals surface area contributed by atoms with Crippen molar-refractivity contribution in [2.24, 2.45) is 0 Å². The number of benzene rings is 2. The second-order valence-electron chi connectivity index (χ2n) is 7.12. The largest absolute Gasteiger partial charge is 0.368 e. The zero-order valence-corrected chi connectivity index (χ0v) is 18.2. The smallest absolute Gasteiger partial charge is 0.272 e. The van der Waals surface area contributed by atoms with Gasteiger partial charge in [-0.3, -0.25) is 9.59 Å². The first-order valence-corrected chi connectivity index (χ1v) is 10.6. The quantitative estimate of drug-likeness (QED) is 0.638. The summed E-state index contributed by atoms with van der Waals surface area (Å²) in [5, 5.41) is 8.15. The lowest BCUT2D eigenvalue weighted by Gasteiger charge is -2.36. The Morgan fingerprint density at radius 3 is 2.35 bits per heavy atom. The molecular weight excluding hydrogens is 437 g/mol. The predicted molar refractivity (Wildman–Crippen MR) is 121 cm³/mol. The topological polar surface area (TPSA) is 70.5 Å². The number of nitrogens with zero attached hydrogens (tertiary/aromatic N) is 4. The van der Waals surface area contributed by atoms with Gasteiger partial charge in [-0.1, -0.05) is 35.3 Å². The van der Waals surface area contributed by atoms with Gasteiger partial charge in [-0.15, -0.1) is 0 Å². The van der Waals surface area contributed by atoms with Crippen LogP contribution >= 0.6 is 23.2 Å². The highest BCUT2D eigenvalue weighted by molar-refractivity contribution is 6.32. The molecule has 0 radical (unpaired) electrons. The number of aromatic nitrogens is 2. The molecule has 0 bridgehead atoms. The molecule has 2 amide bonds. The van der Waals surface area contributed by atoms with Crippen LogP contribution in [0.25, 0.3) is 5.69 Å². The third-order valence-electron chi connectivity index (χ3n) is 5.15. The summed E-state index contributed by atoms with van der Waals surface area (Å²) in [5.41, 5.74) is 1.98. The van der Waals surface area contributed by atoms with E-state index in [0.717, 1.165) is 18.8 Å². The fourth-order valence-corrected chi connectivity index (χ4v) is 3.79. The molecule has 31 heavy (non-hydrogen) atoms. The lowest BCUT2D eigenvalue weighted by Crippen LogP contribution is -2.51. The van der Waals surface area contributed by atoms with Crippen LogP contribution in [0.3, 0.4) is 0 Å². The molecule has 9 heteroatoms. The van der Waals surface area contributed by atoms with Crippen molar-refractivity contribution in [1.29, 1.82) is 0 Å². The molecular formula is C22H21Cl2N5O2. The molecule has 160 valence electrons. The Labute approximate surface area is 190 Å². The molecule has 0 atom stereocenters. The van der Waals surface area contributed by atoms with Gasteiger partial charge in [0.2, 0.25) is 5.91 Å². The van der Waals surface area contributed by atoms with Crippen molar-refractivity contribution in [2.75, 3.05) is 37.6 Å². The van der Waals surface area contributed by atoms with Gasteiger partial charge in [-0.25, -0.2) is 4.68 Å². The van der Waals surface area contributed by atoms with Crippen molar-refractivity contribution >= 4 is 40.7 Å². The van der Waals surface area contributed by atoms with E-state index in [2.05, 4.69) is 15.3 Å². The van der Waals surface area contributed by atoms with Crippen molar-refractivity contribution in [1.82, 2.24) is 20.0 Å². The van der Waals surface area contributed by atoms with Crippen LogP contribution in [0.1, 0.15) is 10.5 Å². The Morgan fingerprint density at radius 1 is 0.935 bits per heavy atom. The zero-order valence-electron chi connectivity index (χ0n) is 16.7. The fraction of sp³-hybridized carbons (Fsp3) is 0.227. The van der Waals surface area contributed by atoms with E-state index in [4.69, 9.17) is 23.2 Å². The maximum absolute atomic E-state index is 12.5. The Hall–Kier alpha value is -3.03. The molecule has 3 aromatic rings. The highest BCUT2D eigenvalue weighted by atomic mass is 35.5. The maximum Gasteiger partial charge on any atom is 0.272 e. The Bertz CT molecular complexity index is 1080. The van der Waals surface area contributed by atoms with Crippen LogP contribution in [0.5, 0.6) is 0 Å². The Kier molecular flexibility index (Phi) is 6.44. The van der Waals surface area contributed by atoms with E-state index in [1.54, 1.807) is 23.2 Å². The van der Waals surface area contributed by atoms with Gasteiger partial charge in [0.05, 0.1) is 17.3 Å². The molecule has 1 aromatic heterocycles. The van der Waals surface area contributed by atoms with Crippen molar-refractivity contribution in [3.8, 4) is 5.69 Å². The van der Waals surface area contributed by atoms with Gasteiger partial charge in [-0.05, 0) is 42.5 Å². The van der Waals surface area contributed by atoms with E-state index in [1.807, 2.05) is 42.5 Å². The van der Waals surface area contributed by atoms with Gasteiger partial charge in [0.25, 0.3) is 5.91 Å². The average molecular weight is 458 g/mol. The SMILES string of the molecule is O=C(NCC(=O)N1CCN(c2ccc(Cl)cc2)CC1)c1ccn(-c2ccccc2Cl)n1. The summed E-state index contributed by atoms with van der Waals surface area (Å²) in [5.74, 6) is -0.520. The van der Waals surface area contributed by atoms with Crippen molar-refractivity contribution < 1.29 is 9.59 Å². The van der Waals surface area contributed by atoms with E-state index < -0.39 is 5.91 Å². The number of piperazine rings is 1. The molecule has 0 aliphatic carbocycles. The Morgan fingerprint density at radius 2 is 1.65 bits per heavy atom. The second kappa shape index (κ2) is 9.41. The normalized spacial score (nSPS) is 13.9. The third-order valence-corrected chi connectivity index (χ3v) is 5.72. The summed E-state index contributed by atoms with van der Waals surface area (Å²) in [4.78, 5) is 28.9. The van der Waals surface area contributed by atoms with Gasteiger partial charge >= 0.3 is 0 Å². The number of carbonyl (C=O) groups is 2. The average Bonchev–Trinajstić information content (AvgIpc) is 3.28. The molecule has 4 rings (SSSR count). The summed E-state index contributed by atoms with van der Waals surface area (Å²) in [6, 6.07) is 16.5. The number of halogens is 2. The van der Waals surface area contributed by atoms with Crippen LogP contribution in [0.2, 0.25) is 10.0 Å². The van der Waals surface area contributed by atoms with Crippen LogP contribution < -0.4 is 10.2 Å². The molecule has 1 saturated heterocycles. The molecule has 0 saturated carbocycles. The van der Waals surface area contributed by atoms with E-state index >= 15 is 0 Å². The lowest BCUT2D eigenvalue weighted by atomic mass is 10.2. The first-order valence-electron chi connectivity index (χ1n) is 9.88. The first-order chi connectivity index (χ1) is 15.0. The van der Waals surface area contributed by atoms with Crippen LogP contribution in [0, 0.1) is 0 Å². The summed E-state index contributed by atoms with van der Waals surface area (Å²) in [6.07, 6.45) is 1.66. The van der Waals surface area contributed by atoms with E-state index in [-0.39, 0.29) is 18.1 Å². The maximum atomic E-state index is 12.5. The predicted octanol–water partition coefficient (Wildman–Crippen LogP) is 3.26. The number of hydrogen-bond donors (Lipinski definition) is 1. The van der Waals surface area contributed by atoms with Crippen molar-refractivity contribution in [3.63, 3.8) is 0 Å². The molecule has 2 heterocycles. The van der Waals surface area contributed by atoms with E-state index in [1.165, 1.54) is 4.68 Å². The molecule has 0 spiro atoms. The lowest BCUT2D eigenvalue weighted by molar-refractivity contribution is -0.130. The highest BCUT2D eigenvalue weighted by Gasteiger charge is 2.22. The number of anilines is 1. The second-order valence-corrected chi connectivity index (χ2v) is 7.97. The van der Waals surface area contributed by atoms with Gasteiger partial charge in [-0.2, -0.15) is 5.10 Å². The molecule has 1 N–H and O–H groups in total. The van der Waals surface area contributed by atoms with Crippen molar-refractivity contribution in [3.05, 3.63) is 76.5 Å². The third kappa shape index (κ3) is 5.00. The number of carbonyl (C=O) groups excluding carboxylic acids is 2. The number of rotatable bonds is 5. The van der Waals surface area contributed by atoms with Crippen LogP contribution in [0.4, 0.5) is 5.69 Å². The van der Waals surface area contributed by atoms with Gasteiger partial charge in [0.15, 0.2) is 5.69 Å². The minimum atomic E-state index is -0.404. The highest BCUT2D eigenvalue weighted by Crippen LogP contribution is 2.20. The summed E-state index contributed by atoms with van der Waals surface area (Å²) < 4.78 is 1.54. The Balaban J connectivity index is 1.28. The number of amides is 2. The van der Waals surface area contributed by atoms with E-state index in [9.17, 15) is 9.59 Å². The van der Waals surface area contributed by atoms with Crippen LogP contribution in [-0.4, -0.2) is 59.2 Å². The summed E-state index contributed by atoms with van der Waals surface area (Å²) >= 11 is 12.1. The van der Waals surface area contributed by atoms with Crippen molar-refractivity contribution in [2.45, 2.75) is 0 Å². The number of hydrogen-bond acceptors (Lipinski definition) is 4. The van der Waals surface area contributed by atoms with Crippen LogP contribution in [-0.2, 0) is 4.79 Å². The minimum Gasteiger partial charge on any atom is -0.368 e. The molecule has 0 unspecified atom stereocenters. The summed E-state index contributed by atoms with van der Waals surface area (Å²) in [7, 11) is 0. The molecule has 2 aromatic carbocycles. The monoisotopic (exact) mass is 457 g/mol. The van der Waals surface area contributed by atoms with Crippen LogP contribution in [0.15, 0.2) is 60.8 Å². The standard InChI is InChI=1S/C22H21Cl2N5O2/c23-16-5-7-17(8-6-16)27-11-13-28(14-12-27)21(30)15-25-22(31)19-9-10-29(26-19)20-4-2-1-3-18(20)24/h1-10H,11-15H2,(H,25,31). The van der Waals surface area contributed by atoms with Gasteiger partial charge in [0.1, 0.15) is 0 Å². The summed E-state index contributed by atoms with van der Waals surface area (Å²) in [6.45, 7) is 2.57. The number of nitrogens with one attached hydrogen (secondary N) is 1. The molecule has 1 fully saturated rings. The molecule has 7 nitrogen and oxygen atoms in total. The van der Waals surface area contributed by atoms with Gasteiger partial charge in [0, 0.05) is 43.1 Å².